The van der Waals surface area contributed by atoms with Crippen molar-refractivity contribution < 1.29 is 4.79 Å². The van der Waals surface area contributed by atoms with Crippen LogP contribution in [0, 0.1) is 5.38 Å². The molecule has 0 atom stereocenters. The van der Waals surface area contributed by atoms with Crippen molar-refractivity contribution in [2.45, 2.75) is 0 Å². The third kappa shape index (κ3) is 2.90. The predicted molar refractivity (Wildman–Crippen MR) is 91.7 cm³/mol. The van der Waals surface area contributed by atoms with Gasteiger partial charge < -0.3 is 0 Å². The highest BCUT2D eigenvalue weighted by Gasteiger charge is 2.26. The van der Waals surface area contributed by atoms with Gasteiger partial charge in [-0.2, -0.15) is 0 Å². The van der Waals surface area contributed by atoms with Crippen LogP contribution in [0.5, 0.6) is 0 Å². The van der Waals surface area contributed by atoms with Crippen LogP contribution in [0.3, 0.4) is 0 Å². The summed E-state index contributed by atoms with van der Waals surface area (Å²) in [5.74, 6) is -0.0629. The lowest BCUT2D eigenvalue weighted by Gasteiger charge is -2.06. The van der Waals surface area contributed by atoms with E-state index in [1.165, 1.54) is 0 Å². The second-order valence-corrected chi connectivity index (χ2v) is 5.51. The summed E-state index contributed by atoms with van der Waals surface area (Å²) in [4.78, 5) is 12.6. The van der Waals surface area contributed by atoms with Crippen molar-refractivity contribution in [1.82, 2.24) is 0 Å². The van der Waals surface area contributed by atoms with Crippen LogP contribution in [0.2, 0.25) is 0 Å². The number of benzene rings is 2. The number of carbonyl (C=O) groups is 1. The monoisotopic (exact) mass is 305 g/mol. The fourth-order valence-electron chi connectivity index (χ4n) is 2.36. The zero-order valence-corrected chi connectivity index (χ0v) is 12.7. The number of carbonyl (C=O) groups excluding carboxylic acids is 1. The molecule has 3 rings (SSSR count). The Hall–Kier alpha value is -2.51. The molecule has 0 amide bonds. The Morgan fingerprint density at radius 3 is 2.27 bits per heavy atom. The van der Waals surface area contributed by atoms with Crippen LogP contribution >= 0.6 is 11.6 Å². The lowest BCUT2D eigenvalue weighted by Crippen LogP contribution is -2.07. The molecular formula is C20H14ClO+. The molecule has 0 saturated carbocycles. The Morgan fingerprint density at radius 2 is 1.59 bits per heavy atom. The third-order valence-corrected chi connectivity index (χ3v) is 3.81. The molecule has 0 N–H and O–H groups in total. The molecule has 0 saturated heterocycles. The number of ketones is 1. The second kappa shape index (κ2) is 6.08. The summed E-state index contributed by atoms with van der Waals surface area (Å²) < 4.78 is 0. The van der Waals surface area contributed by atoms with Crippen LogP contribution in [0.15, 0.2) is 90.6 Å². The van der Waals surface area contributed by atoms with Crippen LogP contribution in [0.25, 0.3) is 11.1 Å². The fourth-order valence-corrected chi connectivity index (χ4v) is 2.53. The average molecular weight is 306 g/mol. The van der Waals surface area contributed by atoms with Crippen LogP contribution in [0.4, 0.5) is 0 Å². The minimum Gasteiger partial charge on any atom is -0.273 e. The molecule has 2 heteroatoms. The molecule has 106 valence electrons. The van der Waals surface area contributed by atoms with Crippen LogP contribution < -0.4 is 0 Å². The zero-order chi connectivity index (χ0) is 15.5. The normalized spacial score (nSPS) is 14.0. The van der Waals surface area contributed by atoms with E-state index in [9.17, 15) is 4.79 Å². The standard InChI is InChI=1S/C20H14ClO/c1-14-7-12-18(21)13-19(14)20(22)17-10-8-16(9-11-17)15-5-3-2-4-6-15/h2-13H,1H2/q+1. The topological polar surface area (TPSA) is 17.1 Å². The maximum atomic E-state index is 12.6. The highest BCUT2D eigenvalue weighted by atomic mass is 35.5. The molecule has 1 aliphatic rings. The number of Topliss-reactive ketones (excluding diaryl/α,β-unsaturated/α-hetero) is 1. The molecule has 0 unspecified atom stereocenters. The van der Waals surface area contributed by atoms with Crippen molar-refractivity contribution in [3.63, 3.8) is 0 Å². The SMILES string of the molecule is C=C1C=C[C+](Cl)C=C1C(=O)c1ccc(-c2ccccc2)cc1. The Bertz CT molecular complexity index is 767. The molecule has 2 aromatic carbocycles. The summed E-state index contributed by atoms with van der Waals surface area (Å²) in [5.41, 5.74) is 4.06. The fraction of sp³-hybridized carbons (Fsp3) is 0. The molecular weight excluding hydrogens is 292 g/mol. The minimum atomic E-state index is -0.0629. The molecule has 0 spiro atoms. The molecule has 0 radical (unpaired) electrons. The lowest BCUT2D eigenvalue weighted by molar-refractivity contribution is 0.103. The molecule has 0 heterocycles. The Balaban J connectivity index is 1.87. The maximum absolute atomic E-state index is 12.6. The summed E-state index contributed by atoms with van der Waals surface area (Å²) in [5, 5.41) is 0.539. The summed E-state index contributed by atoms with van der Waals surface area (Å²) in [6, 6.07) is 17.6. The third-order valence-electron chi connectivity index (χ3n) is 3.57. The molecule has 0 fully saturated rings. The first-order valence-electron chi connectivity index (χ1n) is 6.97. The summed E-state index contributed by atoms with van der Waals surface area (Å²) >= 11 is 5.97. The van der Waals surface area contributed by atoms with E-state index in [1.807, 2.05) is 54.6 Å². The van der Waals surface area contributed by atoms with Crippen molar-refractivity contribution in [1.29, 1.82) is 0 Å². The first-order chi connectivity index (χ1) is 10.6. The number of halogens is 1. The maximum Gasteiger partial charge on any atom is 0.248 e. The van der Waals surface area contributed by atoms with E-state index < -0.39 is 0 Å². The van der Waals surface area contributed by atoms with Gasteiger partial charge in [-0.1, -0.05) is 49.0 Å². The molecule has 1 nitrogen and oxygen atoms in total. The summed E-state index contributed by atoms with van der Waals surface area (Å²) in [6.45, 7) is 3.89. The minimum absolute atomic E-state index is 0.0629. The molecule has 0 bridgehead atoms. The van der Waals surface area contributed by atoms with Gasteiger partial charge in [-0.25, -0.2) is 0 Å². The molecule has 0 aliphatic heterocycles. The van der Waals surface area contributed by atoms with Gasteiger partial charge in [0.25, 0.3) is 0 Å². The summed E-state index contributed by atoms with van der Waals surface area (Å²) in [7, 11) is 0. The van der Waals surface area contributed by atoms with Crippen LogP contribution in [0.1, 0.15) is 10.4 Å². The van der Waals surface area contributed by atoms with E-state index in [4.69, 9.17) is 11.6 Å². The first-order valence-corrected chi connectivity index (χ1v) is 7.34. The van der Waals surface area contributed by atoms with Crippen molar-refractivity contribution >= 4 is 17.4 Å². The van der Waals surface area contributed by atoms with Crippen molar-refractivity contribution in [2.75, 3.05) is 0 Å². The molecule has 0 aromatic heterocycles. The largest absolute Gasteiger partial charge is 0.273 e. The zero-order valence-electron chi connectivity index (χ0n) is 11.9. The first kappa shape index (κ1) is 14.4. The van der Waals surface area contributed by atoms with Gasteiger partial charge >= 0.3 is 0 Å². The molecule has 2 aromatic rings. The molecule has 1 aliphatic carbocycles. The van der Waals surface area contributed by atoms with E-state index in [-0.39, 0.29) is 5.78 Å². The summed E-state index contributed by atoms with van der Waals surface area (Å²) in [6.07, 6.45) is 5.16. The number of rotatable bonds is 3. The van der Waals surface area contributed by atoms with Crippen molar-refractivity contribution in [2.24, 2.45) is 0 Å². The highest BCUT2D eigenvalue weighted by Crippen LogP contribution is 2.28. The van der Waals surface area contributed by atoms with Crippen molar-refractivity contribution in [3.05, 3.63) is 101 Å². The number of allylic oxidation sites excluding steroid dienone is 5. The Morgan fingerprint density at radius 1 is 0.955 bits per heavy atom. The van der Waals surface area contributed by atoms with E-state index in [0.717, 1.165) is 11.1 Å². The van der Waals surface area contributed by atoms with Gasteiger partial charge in [0.1, 0.15) is 11.0 Å². The predicted octanol–water partition coefficient (Wildman–Crippen LogP) is 5.36. The van der Waals surface area contributed by atoms with E-state index in [2.05, 4.69) is 6.58 Å². The van der Waals surface area contributed by atoms with Gasteiger partial charge in [0.15, 0.2) is 0 Å². The Kier molecular flexibility index (Phi) is 3.99. The Labute approximate surface area is 135 Å². The van der Waals surface area contributed by atoms with Gasteiger partial charge in [0, 0.05) is 11.6 Å². The highest BCUT2D eigenvalue weighted by molar-refractivity contribution is 6.31. The molecule has 22 heavy (non-hydrogen) atoms. The second-order valence-electron chi connectivity index (χ2n) is 5.07. The number of hydrogen-bond acceptors (Lipinski definition) is 1. The van der Waals surface area contributed by atoms with Gasteiger partial charge in [-0.05, 0) is 34.9 Å². The van der Waals surface area contributed by atoms with E-state index in [1.54, 1.807) is 18.2 Å². The lowest BCUT2D eigenvalue weighted by atomic mass is 9.92. The quantitative estimate of drug-likeness (QED) is 0.551. The van der Waals surface area contributed by atoms with E-state index in [0.29, 0.717) is 22.1 Å². The van der Waals surface area contributed by atoms with Gasteiger partial charge in [-0.3, -0.25) is 4.79 Å². The number of hydrogen-bond donors (Lipinski definition) is 0. The van der Waals surface area contributed by atoms with Gasteiger partial charge in [0.2, 0.25) is 5.78 Å². The van der Waals surface area contributed by atoms with E-state index >= 15 is 0 Å². The van der Waals surface area contributed by atoms with Crippen molar-refractivity contribution in [3.8, 4) is 11.1 Å². The smallest absolute Gasteiger partial charge is 0.248 e. The van der Waals surface area contributed by atoms with Gasteiger partial charge in [-0.15, -0.1) is 0 Å². The van der Waals surface area contributed by atoms with Crippen LogP contribution in [-0.2, 0) is 0 Å². The van der Waals surface area contributed by atoms with Gasteiger partial charge in [0.05, 0.1) is 17.7 Å². The average Bonchev–Trinajstić information content (AvgIpc) is 2.57. The van der Waals surface area contributed by atoms with Crippen LogP contribution in [-0.4, -0.2) is 5.78 Å².